The molecular weight excluding hydrogens is 633 g/mol. The lowest BCUT2D eigenvalue weighted by Crippen LogP contribution is -2.44. The fourth-order valence-electron chi connectivity index (χ4n) is 4.52. The molecule has 17 heteroatoms. The predicted molar refractivity (Wildman–Crippen MR) is 149 cm³/mol. The van der Waals surface area contributed by atoms with Gasteiger partial charge < -0.3 is 15.4 Å². The SMILES string of the molecule is O=S(=O)(Cc1cccc(C(F)(F)F)c1)Nc1c(F)cc(Oc2ncccc2-c2ccnc(NC3CNC[C@@H](F)C3)n2)c(F)c1F. The molecule has 2 aromatic carbocycles. The Balaban J connectivity index is 1.36. The Kier molecular flexibility index (Phi) is 9.11. The standard InChI is InChI=1S/C28H23F7N6O3S/c29-17-10-18(13-36-12-17)39-27-38-8-6-21(40-27)19-5-2-7-37-26(19)44-22-11-20(30)25(24(32)23(22)31)41-45(42,43)14-15-3-1-4-16(9-15)28(33,34)35/h1-9,11,17-18,36,41H,10,12-14H2,(H,38,39,40)/t17-,18?/m0/s1. The first kappa shape index (κ1) is 31.9. The Bertz CT molecular complexity index is 1810. The molecular formula is C28H23F7N6O3S. The summed E-state index contributed by atoms with van der Waals surface area (Å²) >= 11 is 0. The van der Waals surface area contributed by atoms with E-state index in [1.807, 2.05) is 0 Å². The predicted octanol–water partition coefficient (Wildman–Crippen LogP) is 5.82. The van der Waals surface area contributed by atoms with Crippen molar-refractivity contribution in [2.75, 3.05) is 23.1 Å². The van der Waals surface area contributed by atoms with Gasteiger partial charge in [-0.1, -0.05) is 18.2 Å². The van der Waals surface area contributed by atoms with Crippen LogP contribution in [0.25, 0.3) is 11.3 Å². The van der Waals surface area contributed by atoms with Crippen molar-refractivity contribution in [2.45, 2.75) is 30.6 Å². The third-order valence-electron chi connectivity index (χ3n) is 6.53. The Hall–Kier alpha value is -4.51. The topological polar surface area (TPSA) is 118 Å². The van der Waals surface area contributed by atoms with E-state index in [0.717, 1.165) is 18.2 Å². The summed E-state index contributed by atoms with van der Waals surface area (Å²) in [4.78, 5) is 12.5. The minimum absolute atomic E-state index is 0.147. The summed E-state index contributed by atoms with van der Waals surface area (Å²) in [5.74, 6) is -7.56. The number of hydrogen-bond donors (Lipinski definition) is 3. The van der Waals surface area contributed by atoms with Gasteiger partial charge in [-0.25, -0.2) is 36.5 Å². The maximum absolute atomic E-state index is 15.1. The van der Waals surface area contributed by atoms with Crippen LogP contribution in [0.5, 0.6) is 11.6 Å². The van der Waals surface area contributed by atoms with Gasteiger partial charge in [0.05, 0.1) is 22.6 Å². The molecule has 0 aliphatic carbocycles. The van der Waals surface area contributed by atoms with Crippen LogP contribution < -0.4 is 20.1 Å². The van der Waals surface area contributed by atoms with Crippen molar-refractivity contribution in [3.05, 3.63) is 89.5 Å². The van der Waals surface area contributed by atoms with Crippen molar-refractivity contribution in [1.29, 1.82) is 0 Å². The molecule has 0 spiro atoms. The molecule has 5 rings (SSSR count). The first-order valence-corrected chi connectivity index (χ1v) is 14.9. The van der Waals surface area contributed by atoms with Crippen LogP contribution in [0.2, 0.25) is 0 Å². The molecule has 2 atom stereocenters. The normalized spacial score (nSPS) is 17.1. The quantitative estimate of drug-likeness (QED) is 0.152. The van der Waals surface area contributed by atoms with E-state index in [9.17, 15) is 34.8 Å². The van der Waals surface area contributed by atoms with Gasteiger partial charge in [-0.3, -0.25) is 4.72 Å². The van der Waals surface area contributed by atoms with E-state index in [4.69, 9.17) is 4.74 Å². The van der Waals surface area contributed by atoms with Gasteiger partial charge in [0.2, 0.25) is 27.7 Å². The Morgan fingerprint density at radius 1 is 0.978 bits per heavy atom. The summed E-state index contributed by atoms with van der Waals surface area (Å²) in [6.45, 7) is 0.711. The van der Waals surface area contributed by atoms with E-state index >= 15 is 4.39 Å². The summed E-state index contributed by atoms with van der Waals surface area (Å²) in [6, 6.07) is 7.87. The third kappa shape index (κ3) is 7.78. The average Bonchev–Trinajstić information content (AvgIpc) is 2.98. The van der Waals surface area contributed by atoms with E-state index in [-0.39, 0.29) is 47.7 Å². The van der Waals surface area contributed by atoms with Crippen LogP contribution in [0.4, 0.5) is 42.4 Å². The zero-order chi connectivity index (χ0) is 32.4. The molecule has 0 bridgehead atoms. The highest BCUT2D eigenvalue weighted by Crippen LogP contribution is 2.36. The van der Waals surface area contributed by atoms with Crippen LogP contribution in [0.3, 0.4) is 0 Å². The highest BCUT2D eigenvalue weighted by Gasteiger charge is 2.31. The molecule has 1 aliphatic rings. The van der Waals surface area contributed by atoms with E-state index < -0.39 is 62.6 Å². The first-order chi connectivity index (χ1) is 21.3. The average molecular weight is 657 g/mol. The van der Waals surface area contributed by atoms with Crippen molar-refractivity contribution < 1.29 is 43.9 Å². The molecule has 238 valence electrons. The number of rotatable bonds is 9. The molecule has 1 unspecified atom stereocenters. The Morgan fingerprint density at radius 2 is 1.78 bits per heavy atom. The van der Waals surface area contributed by atoms with Crippen LogP contribution in [0.1, 0.15) is 17.5 Å². The van der Waals surface area contributed by atoms with E-state index in [2.05, 4.69) is 25.6 Å². The highest BCUT2D eigenvalue weighted by atomic mass is 32.2. The summed E-state index contributed by atoms with van der Waals surface area (Å²) < 4.78 is 130. The number of nitrogens with one attached hydrogen (secondary N) is 3. The maximum atomic E-state index is 15.1. The van der Waals surface area contributed by atoms with E-state index in [0.29, 0.717) is 18.7 Å². The van der Waals surface area contributed by atoms with E-state index in [1.165, 1.54) is 30.6 Å². The van der Waals surface area contributed by atoms with Crippen molar-refractivity contribution in [1.82, 2.24) is 20.3 Å². The first-order valence-electron chi connectivity index (χ1n) is 13.2. The zero-order valence-corrected chi connectivity index (χ0v) is 23.7. The molecule has 0 radical (unpaired) electrons. The molecule has 4 aromatic rings. The number of halogens is 7. The molecule has 0 amide bonds. The molecule has 2 aromatic heterocycles. The second-order valence-electron chi connectivity index (χ2n) is 9.97. The smallest absolute Gasteiger partial charge is 0.416 e. The zero-order valence-electron chi connectivity index (χ0n) is 22.9. The van der Waals surface area contributed by atoms with Crippen LogP contribution in [0, 0.1) is 17.5 Å². The van der Waals surface area contributed by atoms with Gasteiger partial charge >= 0.3 is 6.18 Å². The Morgan fingerprint density at radius 3 is 2.53 bits per heavy atom. The molecule has 9 nitrogen and oxygen atoms in total. The van der Waals surface area contributed by atoms with Crippen molar-refractivity contribution in [3.8, 4) is 22.9 Å². The molecule has 0 saturated carbocycles. The van der Waals surface area contributed by atoms with Crippen LogP contribution >= 0.6 is 0 Å². The summed E-state index contributed by atoms with van der Waals surface area (Å²) in [7, 11) is -4.71. The maximum Gasteiger partial charge on any atom is 0.416 e. The van der Waals surface area contributed by atoms with Crippen LogP contribution in [-0.4, -0.2) is 48.7 Å². The number of alkyl halides is 4. The van der Waals surface area contributed by atoms with Crippen molar-refractivity contribution >= 4 is 21.7 Å². The molecule has 1 saturated heterocycles. The highest BCUT2D eigenvalue weighted by molar-refractivity contribution is 7.91. The number of sulfonamides is 1. The second kappa shape index (κ2) is 12.8. The van der Waals surface area contributed by atoms with Gasteiger partial charge in [0.1, 0.15) is 11.9 Å². The number of anilines is 2. The van der Waals surface area contributed by atoms with Gasteiger partial charge in [0, 0.05) is 44.0 Å². The van der Waals surface area contributed by atoms with Gasteiger partial charge in [-0.05, 0) is 29.8 Å². The fraction of sp³-hybridized carbons (Fsp3) is 0.250. The van der Waals surface area contributed by atoms with Gasteiger partial charge in [0.15, 0.2) is 17.4 Å². The lowest BCUT2D eigenvalue weighted by molar-refractivity contribution is -0.137. The van der Waals surface area contributed by atoms with Gasteiger partial charge in [-0.15, -0.1) is 0 Å². The largest absolute Gasteiger partial charge is 0.435 e. The number of aromatic nitrogens is 3. The van der Waals surface area contributed by atoms with E-state index in [1.54, 1.807) is 4.72 Å². The van der Waals surface area contributed by atoms with Crippen molar-refractivity contribution in [2.24, 2.45) is 0 Å². The number of ether oxygens (including phenoxy) is 1. The number of benzene rings is 2. The Labute approximate surface area is 251 Å². The lowest BCUT2D eigenvalue weighted by atomic mass is 10.1. The summed E-state index contributed by atoms with van der Waals surface area (Å²) in [5, 5.41) is 5.95. The van der Waals surface area contributed by atoms with Crippen molar-refractivity contribution in [3.63, 3.8) is 0 Å². The van der Waals surface area contributed by atoms with Crippen LogP contribution in [0.15, 0.2) is 60.9 Å². The lowest BCUT2D eigenvalue weighted by Gasteiger charge is -2.26. The third-order valence-corrected chi connectivity index (χ3v) is 7.76. The summed E-state index contributed by atoms with van der Waals surface area (Å²) in [6.07, 6.45) is -2.92. The van der Waals surface area contributed by atoms with Gasteiger partial charge in [-0.2, -0.15) is 17.6 Å². The van der Waals surface area contributed by atoms with Crippen LogP contribution in [-0.2, 0) is 22.0 Å². The molecule has 45 heavy (non-hydrogen) atoms. The number of pyridine rings is 1. The minimum atomic E-state index is -4.75. The molecule has 1 aliphatic heterocycles. The van der Waals surface area contributed by atoms with Gasteiger partial charge in [0.25, 0.3) is 0 Å². The molecule has 3 heterocycles. The number of nitrogens with zero attached hydrogens (tertiary/aromatic N) is 3. The minimum Gasteiger partial charge on any atom is -0.435 e. The molecule has 1 fully saturated rings. The number of hydrogen-bond acceptors (Lipinski definition) is 8. The monoisotopic (exact) mass is 656 g/mol. The molecule has 3 N–H and O–H groups in total. The fourth-order valence-corrected chi connectivity index (χ4v) is 5.71. The second-order valence-corrected chi connectivity index (χ2v) is 11.7. The summed E-state index contributed by atoms with van der Waals surface area (Å²) in [5.41, 5.74) is -2.46. The number of piperidine rings is 1.